The molecule has 0 saturated carbocycles. The molecule has 118 valence electrons. The van der Waals surface area contributed by atoms with Gasteiger partial charge in [0, 0.05) is 13.6 Å². The first-order valence-corrected chi connectivity index (χ1v) is 7.40. The molecule has 0 unspecified atom stereocenters. The summed E-state index contributed by atoms with van der Waals surface area (Å²) in [6, 6.07) is 0. The number of aromatic carboxylic acids is 1. The maximum Gasteiger partial charge on any atom is 0.358 e. The first kappa shape index (κ1) is 17.1. The van der Waals surface area contributed by atoms with Crippen molar-refractivity contribution in [1.29, 1.82) is 0 Å². The van der Waals surface area contributed by atoms with Crippen LogP contribution in [-0.4, -0.2) is 50.5 Å². The number of carbonyl (C=O) groups excluding carboxylic acids is 1. The van der Waals surface area contributed by atoms with Gasteiger partial charge in [-0.2, -0.15) is 0 Å². The molecule has 1 heterocycles. The van der Waals surface area contributed by atoms with E-state index in [0.717, 1.165) is 25.7 Å². The number of unbranched alkanes of at least 4 members (excludes halogenated alkanes) is 2. The number of likely N-dealkylation sites (N-methyl/N-ethyl adjacent to an activating group) is 1. The van der Waals surface area contributed by atoms with E-state index in [2.05, 4.69) is 17.2 Å². The Morgan fingerprint density at radius 3 is 2.48 bits per heavy atom. The van der Waals surface area contributed by atoms with Gasteiger partial charge >= 0.3 is 5.97 Å². The monoisotopic (exact) mass is 296 g/mol. The maximum absolute atomic E-state index is 12.1. The molecule has 1 amide bonds. The quantitative estimate of drug-likeness (QED) is 0.747. The summed E-state index contributed by atoms with van der Waals surface area (Å²) in [6.45, 7) is 4.83. The number of carbonyl (C=O) groups is 2. The molecule has 0 saturated heterocycles. The molecular formula is C14H24N4O3. The lowest BCUT2D eigenvalue weighted by Gasteiger charge is -2.17. The van der Waals surface area contributed by atoms with Crippen LogP contribution in [0.15, 0.2) is 0 Å². The van der Waals surface area contributed by atoms with Gasteiger partial charge < -0.3 is 10.0 Å². The van der Waals surface area contributed by atoms with E-state index in [1.165, 1.54) is 4.68 Å². The van der Waals surface area contributed by atoms with Crippen molar-refractivity contribution in [3.8, 4) is 0 Å². The first-order chi connectivity index (χ1) is 10.0. The number of rotatable bonds is 9. The fourth-order valence-electron chi connectivity index (χ4n) is 1.99. The third kappa shape index (κ3) is 4.84. The molecule has 0 aliphatic carbocycles. The summed E-state index contributed by atoms with van der Waals surface area (Å²) in [7, 11) is 1.75. The van der Waals surface area contributed by atoms with E-state index >= 15 is 0 Å². The fourth-order valence-corrected chi connectivity index (χ4v) is 1.99. The molecule has 0 radical (unpaired) electrons. The molecular weight excluding hydrogens is 272 g/mol. The summed E-state index contributed by atoms with van der Waals surface area (Å²) in [5.74, 6) is -1.18. The van der Waals surface area contributed by atoms with Gasteiger partial charge in [-0.3, -0.25) is 4.79 Å². The van der Waals surface area contributed by atoms with Gasteiger partial charge in [-0.15, -0.1) is 5.10 Å². The summed E-state index contributed by atoms with van der Waals surface area (Å²) < 4.78 is 1.42. The third-order valence-electron chi connectivity index (χ3n) is 3.37. The topological polar surface area (TPSA) is 88.3 Å². The largest absolute Gasteiger partial charge is 0.476 e. The average molecular weight is 296 g/mol. The van der Waals surface area contributed by atoms with Gasteiger partial charge in [-0.1, -0.05) is 31.9 Å². The van der Waals surface area contributed by atoms with Gasteiger partial charge in [0.05, 0.1) is 5.69 Å². The highest BCUT2D eigenvalue weighted by Crippen LogP contribution is 2.10. The van der Waals surface area contributed by atoms with Crippen LogP contribution in [0.25, 0.3) is 0 Å². The Balaban J connectivity index is 2.82. The van der Waals surface area contributed by atoms with Crippen molar-refractivity contribution in [2.75, 3.05) is 13.6 Å². The van der Waals surface area contributed by atoms with Crippen molar-refractivity contribution in [2.24, 2.45) is 0 Å². The van der Waals surface area contributed by atoms with E-state index in [9.17, 15) is 9.59 Å². The number of aromatic nitrogens is 3. The molecule has 1 rings (SSSR count). The van der Waals surface area contributed by atoms with Crippen LogP contribution in [0.3, 0.4) is 0 Å². The molecule has 0 aromatic carbocycles. The molecule has 0 fully saturated rings. The number of nitrogens with zero attached hydrogens (tertiary/aromatic N) is 4. The van der Waals surface area contributed by atoms with Crippen LogP contribution >= 0.6 is 0 Å². The second kappa shape index (κ2) is 8.39. The van der Waals surface area contributed by atoms with Crippen LogP contribution in [0, 0.1) is 0 Å². The van der Waals surface area contributed by atoms with Crippen LogP contribution in [0.4, 0.5) is 0 Å². The van der Waals surface area contributed by atoms with Crippen molar-refractivity contribution < 1.29 is 14.7 Å². The van der Waals surface area contributed by atoms with Gasteiger partial charge in [-0.25, -0.2) is 9.48 Å². The van der Waals surface area contributed by atoms with E-state index in [4.69, 9.17) is 5.11 Å². The molecule has 0 aliphatic rings. The summed E-state index contributed by atoms with van der Waals surface area (Å²) >= 11 is 0. The standard InChI is InChI=1S/C14H24N4O3/c1-4-6-8-11-13(14(20)21)15-16-18(11)10-12(19)17(3)9-7-5-2/h4-10H2,1-3H3,(H,20,21). The zero-order chi connectivity index (χ0) is 15.8. The SMILES string of the molecule is CCCCc1c(C(=O)O)nnn1CC(=O)N(C)CCCC. The smallest absolute Gasteiger partial charge is 0.358 e. The van der Waals surface area contributed by atoms with Crippen molar-refractivity contribution in [3.05, 3.63) is 11.4 Å². The number of hydrogen-bond acceptors (Lipinski definition) is 4. The third-order valence-corrected chi connectivity index (χ3v) is 3.37. The number of carboxylic acid groups (broad SMARTS) is 1. The Morgan fingerprint density at radius 1 is 1.24 bits per heavy atom. The predicted octanol–water partition coefficient (Wildman–Crippen LogP) is 1.58. The van der Waals surface area contributed by atoms with Crippen molar-refractivity contribution in [3.63, 3.8) is 0 Å². The Kier molecular flexibility index (Phi) is 6.84. The lowest BCUT2D eigenvalue weighted by Crippen LogP contribution is -2.32. The predicted molar refractivity (Wildman–Crippen MR) is 78.1 cm³/mol. The summed E-state index contributed by atoms with van der Waals surface area (Å²) in [4.78, 5) is 24.9. The molecule has 1 aromatic heterocycles. The Morgan fingerprint density at radius 2 is 1.90 bits per heavy atom. The maximum atomic E-state index is 12.1. The molecule has 7 nitrogen and oxygen atoms in total. The van der Waals surface area contributed by atoms with Gasteiger partial charge in [0.25, 0.3) is 0 Å². The number of carboxylic acids is 1. The molecule has 0 spiro atoms. The normalized spacial score (nSPS) is 10.6. The minimum absolute atomic E-state index is 0.0412. The zero-order valence-electron chi connectivity index (χ0n) is 13.0. The Bertz CT molecular complexity index is 485. The molecule has 7 heteroatoms. The first-order valence-electron chi connectivity index (χ1n) is 7.40. The highest BCUT2D eigenvalue weighted by Gasteiger charge is 2.20. The average Bonchev–Trinajstić information content (AvgIpc) is 2.85. The zero-order valence-corrected chi connectivity index (χ0v) is 13.0. The van der Waals surface area contributed by atoms with Gasteiger partial charge in [0.1, 0.15) is 6.54 Å². The Hall–Kier alpha value is -1.92. The molecule has 0 aliphatic heterocycles. The highest BCUT2D eigenvalue weighted by atomic mass is 16.4. The summed E-state index contributed by atoms with van der Waals surface area (Å²) in [6.07, 6.45) is 4.31. The van der Waals surface area contributed by atoms with E-state index in [0.29, 0.717) is 18.7 Å². The van der Waals surface area contributed by atoms with Crippen LogP contribution < -0.4 is 0 Å². The molecule has 0 atom stereocenters. The van der Waals surface area contributed by atoms with Crippen LogP contribution in [0.1, 0.15) is 55.7 Å². The summed E-state index contributed by atoms with van der Waals surface area (Å²) in [5, 5.41) is 16.6. The minimum atomic E-state index is -1.10. The van der Waals surface area contributed by atoms with Gasteiger partial charge in [0.2, 0.25) is 5.91 Å². The second-order valence-electron chi connectivity index (χ2n) is 5.12. The summed E-state index contributed by atoms with van der Waals surface area (Å²) in [5.41, 5.74) is 0.481. The Labute approximate surface area is 124 Å². The number of hydrogen-bond donors (Lipinski definition) is 1. The lowest BCUT2D eigenvalue weighted by atomic mass is 10.1. The lowest BCUT2D eigenvalue weighted by molar-refractivity contribution is -0.130. The van der Waals surface area contributed by atoms with Crippen LogP contribution in [0.2, 0.25) is 0 Å². The van der Waals surface area contributed by atoms with E-state index in [1.807, 2.05) is 6.92 Å². The molecule has 0 bridgehead atoms. The van der Waals surface area contributed by atoms with Crippen molar-refractivity contribution in [2.45, 2.75) is 52.5 Å². The van der Waals surface area contributed by atoms with Gasteiger partial charge in [0.15, 0.2) is 5.69 Å². The molecule has 1 aromatic rings. The molecule has 1 N–H and O–H groups in total. The van der Waals surface area contributed by atoms with Crippen LogP contribution in [-0.2, 0) is 17.8 Å². The van der Waals surface area contributed by atoms with Crippen LogP contribution in [0.5, 0.6) is 0 Å². The van der Waals surface area contributed by atoms with Crippen molar-refractivity contribution >= 4 is 11.9 Å². The highest BCUT2D eigenvalue weighted by molar-refractivity contribution is 5.86. The fraction of sp³-hybridized carbons (Fsp3) is 0.714. The second-order valence-corrected chi connectivity index (χ2v) is 5.12. The van der Waals surface area contributed by atoms with E-state index in [-0.39, 0.29) is 18.1 Å². The van der Waals surface area contributed by atoms with Gasteiger partial charge in [-0.05, 0) is 19.3 Å². The van der Waals surface area contributed by atoms with Crippen molar-refractivity contribution in [1.82, 2.24) is 19.9 Å². The number of amides is 1. The van der Waals surface area contributed by atoms with E-state index in [1.54, 1.807) is 11.9 Å². The van der Waals surface area contributed by atoms with E-state index < -0.39 is 5.97 Å². The minimum Gasteiger partial charge on any atom is -0.476 e. The molecule has 21 heavy (non-hydrogen) atoms.